The molecular formula is C15H15NO4. The second-order valence-electron chi connectivity index (χ2n) is 4.44. The normalized spacial score (nSPS) is 11.8. The minimum Gasteiger partial charge on any atom is -0.480 e. The average molecular weight is 273 g/mol. The second-order valence-corrected chi connectivity index (χ2v) is 4.44. The first kappa shape index (κ1) is 13.9. The van der Waals surface area contributed by atoms with Crippen molar-refractivity contribution in [3.8, 4) is 0 Å². The van der Waals surface area contributed by atoms with E-state index in [0.717, 1.165) is 5.56 Å². The molecular weight excluding hydrogens is 258 g/mol. The highest BCUT2D eigenvalue weighted by Crippen LogP contribution is 2.12. The average Bonchev–Trinajstić information content (AvgIpc) is 2.84. The van der Waals surface area contributed by atoms with E-state index in [1.807, 2.05) is 0 Å². The number of furan rings is 1. The molecule has 0 aliphatic carbocycles. The first-order valence-corrected chi connectivity index (χ1v) is 6.19. The van der Waals surface area contributed by atoms with Gasteiger partial charge in [-0.05, 0) is 30.7 Å². The summed E-state index contributed by atoms with van der Waals surface area (Å²) in [5.74, 6) is -0.820. The monoisotopic (exact) mass is 273 g/mol. The first-order chi connectivity index (χ1) is 9.58. The molecule has 0 bridgehead atoms. The van der Waals surface area contributed by atoms with Crippen LogP contribution in [0.15, 0.2) is 47.1 Å². The summed E-state index contributed by atoms with van der Waals surface area (Å²) in [6, 6.07) is 9.24. The summed E-state index contributed by atoms with van der Waals surface area (Å²) in [4.78, 5) is 23.2. The number of nitrogens with one attached hydrogen (secondary N) is 1. The Morgan fingerprint density at radius 3 is 2.50 bits per heavy atom. The minimum absolute atomic E-state index is 0.191. The van der Waals surface area contributed by atoms with Gasteiger partial charge < -0.3 is 14.8 Å². The number of carboxylic acids is 1. The number of carbonyl (C=O) groups is 2. The first-order valence-electron chi connectivity index (χ1n) is 6.19. The van der Waals surface area contributed by atoms with E-state index >= 15 is 0 Å². The molecule has 2 N–H and O–H groups in total. The van der Waals surface area contributed by atoms with Gasteiger partial charge in [0, 0.05) is 12.0 Å². The molecule has 104 valence electrons. The molecule has 1 heterocycles. The molecule has 0 aliphatic rings. The second kappa shape index (κ2) is 6.06. The summed E-state index contributed by atoms with van der Waals surface area (Å²) in [7, 11) is 0. The third kappa shape index (κ3) is 3.26. The Morgan fingerprint density at radius 1 is 1.25 bits per heavy atom. The highest BCUT2D eigenvalue weighted by atomic mass is 16.4. The highest BCUT2D eigenvalue weighted by Gasteiger charge is 2.22. The van der Waals surface area contributed by atoms with Gasteiger partial charge in [-0.1, -0.05) is 18.2 Å². The van der Waals surface area contributed by atoms with Crippen LogP contribution in [0, 0.1) is 6.92 Å². The van der Waals surface area contributed by atoms with Crippen LogP contribution in [0.25, 0.3) is 0 Å². The van der Waals surface area contributed by atoms with Crippen LogP contribution >= 0.6 is 0 Å². The van der Waals surface area contributed by atoms with Gasteiger partial charge in [-0.2, -0.15) is 0 Å². The van der Waals surface area contributed by atoms with Gasteiger partial charge in [0.05, 0.1) is 6.26 Å². The molecule has 1 aromatic heterocycles. The molecule has 0 spiro atoms. The zero-order valence-electron chi connectivity index (χ0n) is 11.0. The van der Waals surface area contributed by atoms with Crippen LogP contribution in [-0.2, 0) is 11.2 Å². The number of hydrogen-bond donors (Lipinski definition) is 2. The molecule has 0 saturated heterocycles. The van der Waals surface area contributed by atoms with Crippen molar-refractivity contribution in [2.75, 3.05) is 0 Å². The molecule has 0 saturated carbocycles. The molecule has 20 heavy (non-hydrogen) atoms. The fraction of sp³-hybridized carbons (Fsp3) is 0.200. The predicted octanol–water partition coefficient (Wildman–Crippen LogP) is 2.01. The lowest BCUT2D eigenvalue weighted by Gasteiger charge is -2.14. The van der Waals surface area contributed by atoms with Crippen molar-refractivity contribution >= 4 is 11.9 Å². The van der Waals surface area contributed by atoms with Gasteiger partial charge in [-0.15, -0.1) is 0 Å². The van der Waals surface area contributed by atoms with E-state index in [-0.39, 0.29) is 6.42 Å². The number of hydrogen-bond acceptors (Lipinski definition) is 3. The number of carbonyl (C=O) groups excluding carboxylic acids is 1. The summed E-state index contributed by atoms with van der Waals surface area (Å²) in [6.45, 7) is 1.76. The van der Waals surface area contributed by atoms with E-state index in [1.165, 1.54) is 6.26 Å². The Hall–Kier alpha value is -2.56. The lowest BCUT2D eigenvalue weighted by atomic mass is 10.1. The van der Waals surface area contributed by atoms with Crippen molar-refractivity contribution in [2.24, 2.45) is 0 Å². The smallest absolute Gasteiger partial charge is 0.326 e. The Kier molecular flexibility index (Phi) is 4.20. The van der Waals surface area contributed by atoms with E-state index < -0.39 is 17.9 Å². The summed E-state index contributed by atoms with van der Waals surface area (Å²) < 4.78 is 5.13. The SMILES string of the molecule is Cc1occc1C[C@H](NC(=O)c1ccccc1)C(=O)O. The Labute approximate surface area is 116 Å². The summed E-state index contributed by atoms with van der Waals surface area (Å²) in [6.07, 6.45) is 1.69. The summed E-state index contributed by atoms with van der Waals surface area (Å²) in [5.41, 5.74) is 1.20. The van der Waals surface area contributed by atoms with E-state index in [4.69, 9.17) is 4.42 Å². The van der Waals surface area contributed by atoms with Crippen molar-refractivity contribution in [3.05, 3.63) is 59.5 Å². The van der Waals surface area contributed by atoms with E-state index in [1.54, 1.807) is 43.3 Å². The van der Waals surface area contributed by atoms with Gasteiger partial charge in [0.15, 0.2) is 0 Å². The summed E-state index contributed by atoms with van der Waals surface area (Å²) in [5, 5.41) is 11.7. The highest BCUT2D eigenvalue weighted by molar-refractivity contribution is 5.96. The van der Waals surface area contributed by atoms with Crippen LogP contribution in [0.4, 0.5) is 0 Å². The van der Waals surface area contributed by atoms with Crippen LogP contribution in [0.1, 0.15) is 21.7 Å². The Balaban J connectivity index is 2.09. The van der Waals surface area contributed by atoms with Crippen LogP contribution in [0.5, 0.6) is 0 Å². The fourth-order valence-electron chi connectivity index (χ4n) is 1.87. The van der Waals surface area contributed by atoms with Crippen LogP contribution < -0.4 is 5.32 Å². The largest absolute Gasteiger partial charge is 0.480 e. The number of benzene rings is 1. The van der Waals surface area contributed by atoms with Crippen LogP contribution in [-0.4, -0.2) is 23.0 Å². The number of rotatable bonds is 5. The van der Waals surface area contributed by atoms with E-state index in [2.05, 4.69) is 5.32 Å². The molecule has 2 rings (SSSR count). The molecule has 2 aromatic rings. The van der Waals surface area contributed by atoms with Gasteiger partial charge in [0.25, 0.3) is 5.91 Å². The van der Waals surface area contributed by atoms with Crippen molar-refractivity contribution in [2.45, 2.75) is 19.4 Å². The van der Waals surface area contributed by atoms with Crippen LogP contribution in [0.2, 0.25) is 0 Å². The molecule has 0 unspecified atom stereocenters. The predicted molar refractivity (Wildman–Crippen MR) is 72.5 cm³/mol. The van der Waals surface area contributed by atoms with E-state index in [0.29, 0.717) is 11.3 Å². The number of aryl methyl sites for hydroxylation is 1. The number of aliphatic carboxylic acids is 1. The van der Waals surface area contributed by atoms with Gasteiger partial charge in [0.1, 0.15) is 11.8 Å². The van der Waals surface area contributed by atoms with Gasteiger partial charge in [0.2, 0.25) is 0 Å². The number of carboxylic acid groups (broad SMARTS) is 1. The molecule has 1 atom stereocenters. The van der Waals surface area contributed by atoms with Gasteiger partial charge >= 0.3 is 5.97 Å². The molecule has 0 fully saturated rings. The van der Waals surface area contributed by atoms with E-state index in [9.17, 15) is 14.7 Å². The maximum Gasteiger partial charge on any atom is 0.326 e. The van der Waals surface area contributed by atoms with Crippen molar-refractivity contribution in [1.82, 2.24) is 5.32 Å². The quantitative estimate of drug-likeness (QED) is 0.873. The Bertz CT molecular complexity index is 603. The Morgan fingerprint density at radius 2 is 1.95 bits per heavy atom. The summed E-state index contributed by atoms with van der Waals surface area (Å²) >= 11 is 0. The number of amides is 1. The third-order valence-corrected chi connectivity index (χ3v) is 3.03. The molecule has 1 aromatic carbocycles. The topological polar surface area (TPSA) is 79.5 Å². The molecule has 5 heteroatoms. The van der Waals surface area contributed by atoms with Crippen LogP contribution in [0.3, 0.4) is 0 Å². The molecule has 0 radical (unpaired) electrons. The standard InChI is InChI=1S/C15H15NO4/c1-10-12(7-8-20-10)9-13(15(18)19)16-14(17)11-5-3-2-4-6-11/h2-8,13H,9H2,1H3,(H,16,17)(H,18,19)/t13-/m0/s1. The zero-order chi connectivity index (χ0) is 14.5. The lowest BCUT2D eigenvalue weighted by molar-refractivity contribution is -0.139. The zero-order valence-corrected chi connectivity index (χ0v) is 11.0. The fourth-order valence-corrected chi connectivity index (χ4v) is 1.87. The third-order valence-electron chi connectivity index (χ3n) is 3.03. The van der Waals surface area contributed by atoms with Crippen molar-refractivity contribution in [1.29, 1.82) is 0 Å². The minimum atomic E-state index is -1.07. The molecule has 0 aliphatic heterocycles. The van der Waals surface area contributed by atoms with Gasteiger partial charge in [-0.25, -0.2) is 4.79 Å². The molecule has 1 amide bonds. The lowest BCUT2D eigenvalue weighted by Crippen LogP contribution is -2.42. The van der Waals surface area contributed by atoms with Gasteiger partial charge in [-0.3, -0.25) is 4.79 Å². The van der Waals surface area contributed by atoms with Crippen molar-refractivity contribution in [3.63, 3.8) is 0 Å². The maximum absolute atomic E-state index is 12.0. The van der Waals surface area contributed by atoms with Crippen molar-refractivity contribution < 1.29 is 19.1 Å². The molecule has 5 nitrogen and oxygen atoms in total. The maximum atomic E-state index is 12.0.